The van der Waals surface area contributed by atoms with E-state index in [0.717, 1.165) is 0 Å². The van der Waals surface area contributed by atoms with Crippen LogP contribution in [0, 0.1) is 0 Å². The number of benzene rings is 2. The number of ether oxygens (including phenoxy) is 1. The first kappa shape index (κ1) is 18.8. The summed E-state index contributed by atoms with van der Waals surface area (Å²) in [4.78, 5) is 31.8. The Labute approximate surface area is 162 Å². The molecular formula is C20H19N5O3. The Morgan fingerprint density at radius 3 is 2.36 bits per heavy atom. The number of anilines is 4. The molecule has 0 saturated carbocycles. The summed E-state index contributed by atoms with van der Waals surface area (Å²) in [7, 11) is 1.58. The van der Waals surface area contributed by atoms with Crippen molar-refractivity contribution in [3.8, 4) is 5.75 Å². The number of aromatic nitrogens is 2. The number of carbonyl (C=O) groups is 2. The van der Waals surface area contributed by atoms with Crippen LogP contribution in [-0.4, -0.2) is 28.9 Å². The van der Waals surface area contributed by atoms with E-state index in [9.17, 15) is 9.59 Å². The number of nitrogens with one attached hydrogen (secondary N) is 3. The lowest BCUT2D eigenvalue weighted by Gasteiger charge is -2.09. The Bertz CT molecular complexity index is 989. The van der Waals surface area contributed by atoms with Gasteiger partial charge in [0.1, 0.15) is 23.6 Å². The minimum atomic E-state index is -0.359. The topological polar surface area (TPSA) is 105 Å². The van der Waals surface area contributed by atoms with E-state index in [2.05, 4.69) is 25.9 Å². The summed E-state index contributed by atoms with van der Waals surface area (Å²) < 4.78 is 5.10. The molecule has 0 atom stereocenters. The van der Waals surface area contributed by atoms with Gasteiger partial charge in [-0.05, 0) is 42.5 Å². The fourth-order valence-corrected chi connectivity index (χ4v) is 2.45. The zero-order chi connectivity index (χ0) is 19.9. The third-order valence-electron chi connectivity index (χ3n) is 3.70. The maximum atomic E-state index is 12.4. The van der Waals surface area contributed by atoms with Gasteiger partial charge in [-0.2, -0.15) is 0 Å². The second-order valence-electron chi connectivity index (χ2n) is 5.86. The normalized spacial score (nSPS) is 10.1. The fourth-order valence-electron chi connectivity index (χ4n) is 2.45. The van der Waals surface area contributed by atoms with Gasteiger partial charge in [-0.15, -0.1) is 0 Å². The van der Waals surface area contributed by atoms with Crippen molar-refractivity contribution >= 4 is 34.7 Å². The molecule has 142 valence electrons. The largest absolute Gasteiger partial charge is 0.497 e. The third kappa shape index (κ3) is 5.04. The van der Waals surface area contributed by atoms with Crippen molar-refractivity contribution in [2.75, 3.05) is 23.1 Å². The first-order valence-corrected chi connectivity index (χ1v) is 8.45. The molecule has 2 aromatic carbocycles. The average Bonchev–Trinajstić information content (AvgIpc) is 2.68. The number of hydrogen-bond donors (Lipinski definition) is 3. The highest BCUT2D eigenvalue weighted by atomic mass is 16.5. The van der Waals surface area contributed by atoms with Crippen molar-refractivity contribution in [1.29, 1.82) is 0 Å². The molecule has 0 unspecified atom stereocenters. The zero-order valence-electron chi connectivity index (χ0n) is 15.4. The van der Waals surface area contributed by atoms with Gasteiger partial charge in [-0.25, -0.2) is 9.97 Å². The van der Waals surface area contributed by atoms with Crippen molar-refractivity contribution in [1.82, 2.24) is 9.97 Å². The molecule has 0 bridgehead atoms. The molecule has 0 aliphatic rings. The van der Waals surface area contributed by atoms with E-state index in [0.29, 0.717) is 28.6 Å². The van der Waals surface area contributed by atoms with Gasteiger partial charge in [-0.3, -0.25) is 9.59 Å². The van der Waals surface area contributed by atoms with Crippen LogP contribution in [0.3, 0.4) is 0 Å². The molecule has 3 rings (SSSR count). The summed E-state index contributed by atoms with van der Waals surface area (Å²) in [5, 5.41) is 8.58. The number of amides is 2. The Hall–Kier alpha value is -3.94. The average molecular weight is 377 g/mol. The minimum Gasteiger partial charge on any atom is -0.497 e. The van der Waals surface area contributed by atoms with E-state index in [4.69, 9.17) is 4.74 Å². The Morgan fingerprint density at radius 1 is 0.893 bits per heavy atom. The molecule has 2 amide bonds. The molecule has 0 aliphatic heterocycles. The van der Waals surface area contributed by atoms with Gasteiger partial charge in [0.05, 0.1) is 7.11 Å². The quantitative estimate of drug-likeness (QED) is 0.608. The smallest absolute Gasteiger partial charge is 0.274 e. The molecule has 0 saturated heterocycles. The van der Waals surface area contributed by atoms with Crippen molar-refractivity contribution in [3.63, 3.8) is 0 Å². The van der Waals surface area contributed by atoms with Crippen molar-refractivity contribution in [3.05, 3.63) is 66.6 Å². The Morgan fingerprint density at radius 2 is 1.64 bits per heavy atom. The molecule has 28 heavy (non-hydrogen) atoms. The van der Waals surface area contributed by atoms with Crippen LogP contribution in [0.1, 0.15) is 17.4 Å². The lowest BCUT2D eigenvalue weighted by molar-refractivity contribution is -0.114. The van der Waals surface area contributed by atoms with E-state index in [1.54, 1.807) is 55.6 Å². The van der Waals surface area contributed by atoms with E-state index < -0.39 is 0 Å². The highest BCUT2D eigenvalue weighted by Gasteiger charge is 2.10. The molecular weight excluding hydrogens is 358 g/mol. The van der Waals surface area contributed by atoms with Gasteiger partial charge < -0.3 is 20.7 Å². The van der Waals surface area contributed by atoms with Crippen LogP contribution < -0.4 is 20.7 Å². The van der Waals surface area contributed by atoms with Gasteiger partial charge in [0, 0.05) is 30.1 Å². The molecule has 0 fully saturated rings. The van der Waals surface area contributed by atoms with Crippen LogP contribution in [0.15, 0.2) is 60.9 Å². The third-order valence-corrected chi connectivity index (χ3v) is 3.70. The monoisotopic (exact) mass is 377 g/mol. The summed E-state index contributed by atoms with van der Waals surface area (Å²) >= 11 is 0. The predicted octanol–water partition coefficient (Wildman–Crippen LogP) is 3.44. The van der Waals surface area contributed by atoms with Gasteiger partial charge in [0.15, 0.2) is 0 Å². The molecule has 8 heteroatoms. The van der Waals surface area contributed by atoms with Gasteiger partial charge >= 0.3 is 0 Å². The molecule has 0 radical (unpaired) electrons. The standard InChI is InChI=1S/C20H19N5O3/c1-13(26)23-15-4-3-5-16(10-15)24-19-11-18(21-12-22-19)20(27)25-14-6-8-17(28-2)9-7-14/h3-12H,1-2H3,(H,23,26)(H,25,27)(H,21,22,24). The molecule has 3 N–H and O–H groups in total. The van der Waals surface area contributed by atoms with E-state index >= 15 is 0 Å². The van der Waals surface area contributed by atoms with Crippen LogP contribution in [-0.2, 0) is 4.79 Å². The highest BCUT2D eigenvalue weighted by molar-refractivity contribution is 6.03. The molecule has 0 spiro atoms. The molecule has 3 aromatic rings. The summed E-state index contributed by atoms with van der Waals surface area (Å²) in [5.74, 6) is 0.641. The molecule has 1 aromatic heterocycles. The number of carbonyl (C=O) groups excluding carboxylic acids is 2. The van der Waals surface area contributed by atoms with Crippen LogP contribution in [0.2, 0.25) is 0 Å². The van der Waals surface area contributed by atoms with Crippen LogP contribution in [0.5, 0.6) is 5.75 Å². The van der Waals surface area contributed by atoms with E-state index in [-0.39, 0.29) is 17.5 Å². The first-order chi connectivity index (χ1) is 13.5. The molecule has 0 aliphatic carbocycles. The van der Waals surface area contributed by atoms with Crippen LogP contribution in [0.25, 0.3) is 0 Å². The minimum absolute atomic E-state index is 0.156. The van der Waals surface area contributed by atoms with Gasteiger partial charge in [0.25, 0.3) is 5.91 Å². The van der Waals surface area contributed by atoms with Crippen molar-refractivity contribution < 1.29 is 14.3 Å². The highest BCUT2D eigenvalue weighted by Crippen LogP contribution is 2.20. The Balaban J connectivity index is 1.71. The molecule has 1 heterocycles. The second-order valence-corrected chi connectivity index (χ2v) is 5.86. The SMILES string of the molecule is COc1ccc(NC(=O)c2cc(Nc3cccc(NC(C)=O)c3)ncn2)cc1. The first-order valence-electron chi connectivity index (χ1n) is 8.45. The lowest BCUT2D eigenvalue weighted by atomic mass is 10.2. The second kappa shape index (κ2) is 8.63. The Kier molecular flexibility index (Phi) is 5.81. The fraction of sp³-hybridized carbons (Fsp3) is 0.100. The van der Waals surface area contributed by atoms with E-state index in [1.165, 1.54) is 13.3 Å². The van der Waals surface area contributed by atoms with Gasteiger partial charge in [0.2, 0.25) is 5.91 Å². The zero-order valence-corrected chi connectivity index (χ0v) is 15.4. The van der Waals surface area contributed by atoms with Gasteiger partial charge in [-0.1, -0.05) is 6.07 Å². The number of nitrogens with zero attached hydrogens (tertiary/aromatic N) is 2. The van der Waals surface area contributed by atoms with Crippen molar-refractivity contribution in [2.45, 2.75) is 6.92 Å². The summed E-state index contributed by atoms with van der Waals surface area (Å²) in [6.07, 6.45) is 1.31. The van der Waals surface area contributed by atoms with Crippen molar-refractivity contribution in [2.24, 2.45) is 0 Å². The number of methoxy groups -OCH3 is 1. The predicted molar refractivity (Wildman–Crippen MR) is 107 cm³/mol. The maximum Gasteiger partial charge on any atom is 0.274 e. The number of rotatable bonds is 6. The summed E-state index contributed by atoms with van der Waals surface area (Å²) in [6.45, 7) is 1.44. The lowest BCUT2D eigenvalue weighted by Crippen LogP contribution is -2.14. The molecule has 8 nitrogen and oxygen atoms in total. The summed E-state index contributed by atoms with van der Waals surface area (Å²) in [6, 6.07) is 15.7. The maximum absolute atomic E-state index is 12.4. The summed E-state index contributed by atoms with van der Waals surface area (Å²) in [5.41, 5.74) is 2.21. The van der Waals surface area contributed by atoms with Crippen LogP contribution >= 0.6 is 0 Å². The number of hydrogen-bond acceptors (Lipinski definition) is 6. The van der Waals surface area contributed by atoms with Crippen LogP contribution in [0.4, 0.5) is 22.9 Å². The van der Waals surface area contributed by atoms with E-state index in [1.807, 2.05) is 6.07 Å².